The molecule has 1 saturated heterocycles. The van der Waals surface area contributed by atoms with Crippen molar-refractivity contribution in [3.05, 3.63) is 84.3 Å². The van der Waals surface area contributed by atoms with Crippen LogP contribution in [-0.4, -0.2) is 86.7 Å². The number of fused-ring (bicyclic) bond motifs is 3. The second-order valence-electron chi connectivity index (χ2n) is 10.9. The SMILES string of the molecule is COCCOc1ccc(N2CCN(C(=O)C(c3ccc(C)cc3)n3ncc4c3nc(N)n3nc(-c5ccco5)nc43)CC2)cc1. The summed E-state index contributed by atoms with van der Waals surface area (Å²) in [6, 6.07) is 18.7. The Bertz CT molecular complexity index is 1920. The first-order chi connectivity index (χ1) is 22.0. The van der Waals surface area contributed by atoms with Crippen molar-refractivity contribution in [2.45, 2.75) is 13.0 Å². The maximum absolute atomic E-state index is 14.4. The highest BCUT2D eigenvalue weighted by Crippen LogP contribution is 2.30. The number of carbonyl (C=O) groups excluding carboxylic acids is 1. The molecule has 1 amide bonds. The van der Waals surface area contributed by atoms with Crippen molar-refractivity contribution in [2.75, 3.05) is 57.1 Å². The fraction of sp³-hybridized carbons (Fsp3) is 0.281. The molecule has 13 heteroatoms. The van der Waals surface area contributed by atoms with Crippen molar-refractivity contribution >= 4 is 34.2 Å². The molecule has 7 rings (SSSR count). The molecule has 0 spiro atoms. The molecule has 0 aliphatic carbocycles. The minimum atomic E-state index is -0.750. The van der Waals surface area contributed by atoms with Gasteiger partial charge in [-0.2, -0.15) is 14.6 Å². The van der Waals surface area contributed by atoms with Gasteiger partial charge in [0.1, 0.15) is 12.4 Å². The highest BCUT2D eigenvalue weighted by molar-refractivity contribution is 5.92. The van der Waals surface area contributed by atoms with Gasteiger partial charge in [-0.25, -0.2) is 9.67 Å². The van der Waals surface area contributed by atoms with Crippen LogP contribution in [0, 0.1) is 6.92 Å². The third kappa shape index (κ3) is 5.42. The lowest BCUT2D eigenvalue weighted by Crippen LogP contribution is -2.51. The molecule has 0 saturated carbocycles. The minimum Gasteiger partial charge on any atom is -0.491 e. The number of benzene rings is 2. The zero-order valence-electron chi connectivity index (χ0n) is 25.0. The number of nitrogen functional groups attached to an aromatic ring is 1. The molecule has 0 bridgehead atoms. The first-order valence-corrected chi connectivity index (χ1v) is 14.8. The van der Waals surface area contributed by atoms with Crippen molar-refractivity contribution in [3.63, 3.8) is 0 Å². The minimum absolute atomic E-state index is 0.0663. The number of methoxy groups -OCH3 is 1. The van der Waals surface area contributed by atoms with Crippen molar-refractivity contribution in [2.24, 2.45) is 0 Å². The average molecular weight is 608 g/mol. The number of carbonyl (C=O) groups is 1. The van der Waals surface area contributed by atoms with Gasteiger partial charge in [-0.05, 0) is 48.9 Å². The van der Waals surface area contributed by atoms with E-state index in [-0.39, 0.29) is 11.9 Å². The van der Waals surface area contributed by atoms with E-state index in [4.69, 9.17) is 19.6 Å². The number of hydrogen-bond acceptors (Lipinski definition) is 10. The van der Waals surface area contributed by atoms with E-state index < -0.39 is 6.04 Å². The first-order valence-electron chi connectivity index (χ1n) is 14.8. The van der Waals surface area contributed by atoms with Gasteiger partial charge < -0.3 is 29.4 Å². The van der Waals surface area contributed by atoms with E-state index in [1.54, 1.807) is 36.4 Å². The van der Waals surface area contributed by atoms with Crippen molar-refractivity contribution in [1.29, 1.82) is 0 Å². The van der Waals surface area contributed by atoms with E-state index in [2.05, 4.69) is 25.1 Å². The van der Waals surface area contributed by atoms with E-state index >= 15 is 0 Å². The largest absolute Gasteiger partial charge is 0.491 e. The number of aryl methyl sites for hydroxylation is 1. The molecule has 2 aromatic carbocycles. The molecular weight excluding hydrogens is 574 g/mol. The summed E-state index contributed by atoms with van der Waals surface area (Å²) in [4.78, 5) is 27.8. The maximum Gasteiger partial charge on any atom is 0.252 e. The molecular formula is C32H33N9O4. The molecule has 2 N–H and O–H groups in total. The lowest BCUT2D eigenvalue weighted by Gasteiger charge is -2.37. The molecule has 1 atom stereocenters. The quantitative estimate of drug-likeness (QED) is 0.242. The monoisotopic (exact) mass is 607 g/mol. The summed E-state index contributed by atoms with van der Waals surface area (Å²) < 4.78 is 19.3. The highest BCUT2D eigenvalue weighted by Gasteiger charge is 2.33. The lowest BCUT2D eigenvalue weighted by atomic mass is 10.0. The molecule has 1 aliphatic rings. The summed E-state index contributed by atoms with van der Waals surface area (Å²) in [5.41, 5.74) is 10.3. The fourth-order valence-electron chi connectivity index (χ4n) is 5.62. The molecule has 6 aromatic rings. The fourth-order valence-corrected chi connectivity index (χ4v) is 5.62. The molecule has 13 nitrogen and oxygen atoms in total. The Hall–Kier alpha value is -5.43. The number of rotatable bonds is 9. The van der Waals surface area contributed by atoms with Crippen LogP contribution >= 0.6 is 0 Å². The smallest absolute Gasteiger partial charge is 0.252 e. The first kappa shape index (κ1) is 28.3. The van der Waals surface area contributed by atoms with Gasteiger partial charge in [0.15, 0.2) is 23.1 Å². The van der Waals surface area contributed by atoms with Crippen LogP contribution in [0.2, 0.25) is 0 Å². The number of hydrogen-bond donors (Lipinski definition) is 1. The van der Waals surface area contributed by atoms with E-state index in [1.807, 2.05) is 60.4 Å². The highest BCUT2D eigenvalue weighted by atomic mass is 16.5. The van der Waals surface area contributed by atoms with Crippen LogP contribution in [0.4, 0.5) is 11.6 Å². The molecule has 5 heterocycles. The van der Waals surface area contributed by atoms with Gasteiger partial charge in [-0.3, -0.25) is 4.79 Å². The summed E-state index contributed by atoms with van der Waals surface area (Å²) in [6.45, 7) is 5.56. The Labute approximate surface area is 258 Å². The summed E-state index contributed by atoms with van der Waals surface area (Å²) in [7, 11) is 1.65. The van der Waals surface area contributed by atoms with Crippen molar-refractivity contribution in [3.8, 4) is 17.3 Å². The van der Waals surface area contributed by atoms with Gasteiger partial charge in [0, 0.05) is 39.0 Å². The number of furan rings is 1. The van der Waals surface area contributed by atoms with Crippen LogP contribution in [0.3, 0.4) is 0 Å². The summed E-state index contributed by atoms with van der Waals surface area (Å²) in [6.07, 6.45) is 3.22. The standard InChI is InChI=1S/C32H33N9O4/c1-21-5-7-22(8-6-21)27(31(42)39-15-13-38(14-16-39)23-9-11-24(12-10-23)44-19-18-43-2)40-30-25(20-34-40)29-35-28(26-4-3-17-45-26)37-41(29)32(33)36-30/h3-12,17,20,27H,13-16,18-19H2,1-2H3,(H2,33,36). The van der Waals surface area contributed by atoms with Crippen LogP contribution in [0.15, 0.2) is 77.5 Å². The second kappa shape index (κ2) is 11.9. The van der Waals surface area contributed by atoms with E-state index in [1.165, 1.54) is 4.52 Å². The normalized spacial score (nSPS) is 14.4. The van der Waals surface area contributed by atoms with E-state index in [0.717, 1.165) is 22.6 Å². The van der Waals surface area contributed by atoms with Gasteiger partial charge in [-0.1, -0.05) is 29.8 Å². The summed E-state index contributed by atoms with van der Waals surface area (Å²) >= 11 is 0. The zero-order chi connectivity index (χ0) is 30.9. The predicted octanol–water partition coefficient (Wildman–Crippen LogP) is 3.59. The Morgan fingerprint density at radius 2 is 1.76 bits per heavy atom. The van der Waals surface area contributed by atoms with Gasteiger partial charge in [0.2, 0.25) is 11.8 Å². The number of aromatic nitrogens is 6. The summed E-state index contributed by atoms with van der Waals surface area (Å²) in [5, 5.41) is 9.80. The molecule has 0 radical (unpaired) electrons. The van der Waals surface area contributed by atoms with Crippen LogP contribution in [0.25, 0.3) is 28.3 Å². The van der Waals surface area contributed by atoms with Gasteiger partial charge in [0.05, 0.1) is 24.5 Å². The molecule has 1 aliphatic heterocycles. The van der Waals surface area contributed by atoms with Crippen LogP contribution < -0.4 is 15.4 Å². The number of nitrogens with two attached hydrogens (primary N) is 1. The topological polar surface area (TPSA) is 142 Å². The Morgan fingerprint density at radius 1 is 0.978 bits per heavy atom. The van der Waals surface area contributed by atoms with E-state index in [9.17, 15) is 4.79 Å². The van der Waals surface area contributed by atoms with Crippen LogP contribution in [-0.2, 0) is 9.53 Å². The van der Waals surface area contributed by atoms with E-state index in [0.29, 0.717) is 67.7 Å². The maximum atomic E-state index is 14.4. The number of amides is 1. The van der Waals surface area contributed by atoms with Crippen LogP contribution in [0.1, 0.15) is 17.2 Å². The number of nitrogens with zero attached hydrogens (tertiary/aromatic N) is 8. The predicted molar refractivity (Wildman–Crippen MR) is 168 cm³/mol. The number of piperazine rings is 1. The number of anilines is 2. The lowest BCUT2D eigenvalue weighted by molar-refractivity contribution is -0.134. The Morgan fingerprint density at radius 3 is 2.47 bits per heavy atom. The Kier molecular flexibility index (Phi) is 7.51. The molecule has 1 unspecified atom stereocenters. The van der Waals surface area contributed by atoms with Crippen molar-refractivity contribution < 1.29 is 18.7 Å². The molecule has 230 valence electrons. The van der Waals surface area contributed by atoms with Crippen molar-refractivity contribution in [1.82, 2.24) is 34.3 Å². The number of ether oxygens (including phenoxy) is 2. The zero-order valence-corrected chi connectivity index (χ0v) is 25.0. The van der Waals surface area contributed by atoms with Gasteiger partial charge in [-0.15, -0.1) is 5.10 Å². The third-order valence-electron chi connectivity index (χ3n) is 8.02. The third-order valence-corrected chi connectivity index (χ3v) is 8.02. The van der Waals surface area contributed by atoms with Gasteiger partial charge >= 0.3 is 0 Å². The second-order valence-corrected chi connectivity index (χ2v) is 10.9. The van der Waals surface area contributed by atoms with Gasteiger partial charge in [0.25, 0.3) is 5.91 Å². The Balaban J connectivity index is 1.17. The molecule has 45 heavy (non-hydrogen) atoms. The van der Waals surface area contributed by atoms with Crippen LogP contribution in [0.5, 0.6) is 5.75 Å². The summed E-state index contributed by atoms with van der Waals surface area (Å²) in [5.74, 6) is 1.75. The molecule has 1 fully saturated rings. The average Bonchev–Trinajstić information content (AvgIpc) is 3.84. The molecule has 4 aromatic heterocycles.